The largest absolute Gasteiger partial charge is 0.387 e. The van der Waals surface area contributed by atoms with Gasteiger partial charge in [0.25, 0.3) is 0 Å². The van der Waals surface area contributed by atoms with Crippen LogP contribution in [0.5, 0.6) is 0 Å². The highest BCUT2D eigenvalue weighted by Crippen LogP contribution is 2.31. The summed E-state index contributed by atoms with van der Waals surface area (Å²) in [6, 6.07) is 3.23. The zero-order valence-corrected chi connectivity index (χ0v) is 14.6. The Morgan fingerprint density at radius 1 is 1.38 bits per heavy atom. The van der Waals surface area contributed by atoms with Gasteiger partial charge in [-0.15, -0.1) is 11.6 Å². The monoisotopic (exact) mass is 369 g/mol. The van der Waals surface area contributed by atoms with Crippen LogP contribution in [0.15, 0.2) is 17.3 Å². The van der Waals surface area contributed by atoms with Crippen LogP contribution in [0.3, 0.4) is 0 Å². The maximum absolute atomic E-state index is 12.4. The molecular formula is C13H14Cl3NO3S. The van der Waals surface area contributed by atoms with Crippen molar-refractivity contribution >= 4 is 49.7 Å². The van der Waals surface area contributed by atoms with Gasteiger partial charge in [-0.05, 0) is 31.0 Å². The van der Waals surface area contributed by atoms with E-state index in [-0.39, 0.29) is 23.1 Å². The van der Waals surface area contributed by atoms with Crippen molar-refractivity contribution in [2.45, 2.75) is 31.6 Å². The maximum Gasteiger partial charge on any atom is 0.199 e. The van der Waals surface area contributed by atoms with Crippen molar-refractivity contribution in [2.75, 3.05) is 5.88 Å². The molecule has 0 amide bonds. The van der Waals surface area contributed by atoms with Crippen LogP contribution in [-0.4, -0.2) is 24.9 Å². The van der Waals surface area contributed by atoms with Gasteiger partial charge in [0, 0.05) is 16.5 Å². The van der Waals surface area contributed by atoms with E-state index in [4.69, 9.17) is 39.6 Å². The molecule has 2 rings (SSSR count). The highest BCUT2D eigenvalue weighted by Gasteiger charge is 2.39. The molecule has 1 aliphatic heterocycles. The van der Waals surface area contributed by atoms with Gasteiger partial charge < -0.3 is 4.84 Å². The molecular weight excluding hydrogens is 357 g/mol. The Labute approximate surface area is 138 Å². The van der Waals surface area contributed by atoms with Gasteiger partial charge in [-0.1, -0.05) is 34.4 Å². The van der Waals surface area contributed by atoms with Crippen LogP contribution in [0.1, 0.15) is 24.5 Å². The zero-order chi connectivity index (χ0) is 15.8. The van der Waals surface area contributed by atoms with Gasteiger partial charge in [-0.3, -0.25) is 0 Å². The van der Waals surface area contributed by atoms with Crippen molar-refractivity contribution in [1.82, 2.24) is 0 Å². The summed E-state index contributed by atoms with van der Waals surface area (Å²) in [7, 11) is -3.61. The first-order valence-corrected chi connectivity index (χ1v) is 9.10. The fourth-order valence-corrected chi connectivity index (χ4v) is 4.05. The minimum Gasteiger partial charge on any atom is -0.387 e. The molecule has 0 aliphatic carbocycles. The second-order valence-corrected chi connectivity index (χ2v) is 8.28. The van der Waals surface area contributed by atoms with Crippen LogP contribution in [0, 0.1) is 6.92 Å². The van der Waals surface area contributed by atoms with Crippen LogP contribution in [-0.2, 0) is 20.4 Å². The minimum absolute atomic E-state index is 0.00526. The predicted molar refractivity (Wildman–Crippen MR) is 86.1 cm³/mol. The lowest BCUT2D eigenvalue weighted by Gasteiger charge is -2.16. The Hall–Kier alpha value is -0.490. The van der Waals surface area contributed by atoms with E-state index in [1.165, 1.54) is 0 Å². The Bertz CT molecular complexity index is 703. The fourth-order valence-electron chi connectivity index (χ4n) is 1.90. The first-order chi connectivity index (χ1) is 9.68. The third-order valence-electron chi connectivity index (χ3n) is 3.28. The SMILES string of the molecule is Cc1c(Cl)ccc(CS(=O)(=O)C2=NOC(C)(CCl)C2)c1Cl. The molecule has 0 spiro atoms. The molecule has 0 aromatic heterocycles. The van der Waals surface area contributed by atoms with E-state index in [2.05, 4.69) is 5.16 Å². The normalized spacial score (nSPS) is 22.0. The predicted octanol–water partition coefficient (Wildman–Crippen LogP) is 3.95. The zero-order valence-electron chi connectivity index (χ0n) is 11.5. The van der Waals surface area contributed by atoms with Crippen LogP contribution in [0.25, 0.3) is 0 Å². The van der Waals surface area contributed by atoms with Gasteiger partial charge in [-0.25, -0.2) is 8.42 Å². The Balaban J connectivity index is 2.26. The summed E-state index contributed by atoms with van der Waals surface area (Å²) in [6.07, 6.45) is 0.156. The van der Waals surface area contributed by atoms with Crippen LogP contribution in [0.2, 0.25) is 10.0 Å². The molecule has 1 aliphatic rings. The van der Waals surface area contributed by atoms with Gasteiger partial charge in [0.05, 0.1) is 11.6 Å². The van der Waals surface area contributed by atoms with Crippen LogP contribution in [0.4, 0.5) is 0 Å². The molecule has 0 saturated heterocycles. The average molecular weight is 371 g/mol. The highest BCUT2D eigenvalue weighted by atomic mass is 35.5. The lowest BCUT2D eigenvalue weighted by atomic mass is 10.1. The highest BCUT2D eigenvalue weighted by molar-refractivity contribution is 8.05. The van der Waals surface area contributed by atoms with E-state index in [1.807, 2.05) is 0 Å². The van der Waals surface area contributed by atoms with E-state index >= 15 is 0 Å². The number of sulfone groups is 1. The molecule has 21 heavy (non-hydrogen) atoms. The van der Waals surface area contributed by atoms with Crippen molar-refractivity contribution in [3.05, 3.63) is 33.3 Å². The number of oxime groups is 1. The molecule has 1 unspecified atom stereocenters. The summed E-state index contributed by atoms with van der Waals surface area (Å²) in [5, 5.41) is 4.52. The molecule has 1 atom stereocenters. The summed E-state index contributed by atoms with van der Waals surface area (Å²) >= 11 is 17.9. The fraction of sp³-hybridized carbons (Fsp3) is 0.462. The third kappa shape index (κ3) is 3.47. The van der Waals surface area contributed by atoms with E-state index < -0.39 is 15.4 Å². The van der Waals surface area contributed by atoms with Gasteiger partial charge in [0.2, 0.25) is 0 Å². The van der Waals surface area contributed by atoms with Crippen LogP contribution >= 0.6 is 34.8 Å². The molecule has 4 nitrogen and oxygen atoms in total. The lowest BCUT2D eigenvalue weighted by Crippen LogP contribution is -2.28. The summed E-state index contributed by atoms with van der Waals surface area (Å²) in [5.41, 5.74) is 0.367. The third-order valence-corrected chi connectivity index (χ3v) is 6.41. The number of hydrogen-bond acceptors (Lipinski definition) is 4. The summed E-state index contributed by atoms with van der Waals surface area (Å²) in [5.74, 6) is -0.0826. The van der Waals surface area contributed by atoms with Crippen molar-refractivity contribution < 1.29 is 13.3 Å². The van der Waals surface area contributed by atoms with Crippen molar-refractivity contribution in [3.63, 3.8) is 0 Å². The lowest BCUT2D eigenvalue weighted by molar-refractivity contribution is 0.0152. The Morgan fingerprint density at radius 2 is 2.05 bits per heavy atom. The van der Waals surface area contributed by atoms with Crippen molar-refractivity contribution in [1.29, 1.82) is 0 Å². The topological polar surface area (TPSA) is 55.7 Å². The van der Waals surface area contributed by atoms with Gasteiger partial charge in [0.15, 0.2) is 20.5 Å². The smallest absolute Gasteiger partial charge is 0.199 e. The molecule has 8 heteroatoms. The quantitative estimate of drug-likeness (QED) is 0.757. The number of alkyl halides is 1. The molecule has 0 radical (unpaired) electrons. The first kappa shape index (κ1) is 16.9. The molecule has 1 heterocycles. The Kier molecular flexibility index (Phi) is 4.78. The van der Waals surface area contributed by atoms with E-state index in [9.17, 15) is 8.42 Å². The number of hydrogen-bond donors (Lipinski definition) is 0. The van der Waals surface area contributed by atoms with Gasteiger partial charge in [-0.2, -0.15) is 0 Å². The first-order valence-electron chi connectivity index (χ1n) is 6.16. The second-order valence-electron chi connectivity index (χ2n) is 5.24. The molecule has 116 valence electrons. The van der Waals surface area contributed by atoms with Gasteiger partial charge in [0.1, 0.15) is 0 Å². The number of halogens is 3. The van der Waals surface area contributed by atoms with Crippen LogP contribution < -0.4 is 0 Å². The molecule has 1 aromatic rings. The maximum atomic E-state index is 12.4. The number of nitrogens with zero attached hydrogens (tertiary/aromatic N) is 1. The molecule has 0 saturated carbocycles. The average Bonchev–Trinajstić information content (AvgIpc) is 2.84. The Morgan fingerprint density at radius 3 is 2.62 bits per heavy atom. The molecule has 0 bridgehead atoms. The second kappa shape index (κ2) is 5.95. The summed E-state index contributed by atoms with van der Waals surface area (Å²) < 4.78 is 24.8. The molecule has 0 N–H and O–H groups in total. The minimum atomic E-state index is -3.61. The van der Waals surface area contributed by atoms with E-state index in [1.54, 1.807) is 26.0 Å². The summed E-state index contributed by atoms with van der Waals surface area (Å²) in [4.78, 5) is 5.12. The molecule has 1 aromatic carbocycles. The van der Waals surface area contributed by atoms with E-state index in [0.717, 1.165) is 0 Å². The van der Waals surface area contributed by atoms with Crippen molar-refractivity contribution in [2.24, 2.45) is 5.16 Å². The number of benzene rings is 1. The molecule has 0 fully saturated rings. The number of rotatable bonds is 3. The van der Waals surface area contributed by atoms with Gasteiger partial charge >= 0.3 is 0 Å². The van der Waals surface area contributed by atoms with Crippen molar-refractivity contribution in [3.8, 4) is 0 Å². The standard InChI is InChI=1S/C13H14Cl3NO3S/c1-8-10(15)4-3-9(12(8)16)6-21(18,19)11-5-13(2,7-14)20-17-11/h3-4H,5-7H2,1-2H3. The van der Waals surface area contributed by atoms with E-state index in [0.29, 0.717) is 21.2 Å². The summed E-state index contributed by atoms with van der Waals surface area (Å²) in [6.45, 7) is 3.45.